The summed E-state index contributed by atoms with van der Waals surface area (Å²) in [5.41, 5.74) is 2.22. The molecule has 328 valence electrons. The van der Waals surface area contributed by atoms with Crippen molar-refractivity contribution >= 4 is 35.6 Å². The Labute approximate surface area is 354 Å². The number of carbonyl (C=O) groups is 6. The van der Waals surface area contributed by atoms with Gasteiger partial charge in [-0.1, -0.05) is 17.4 Å². The fourth-order valence-electron chi connectivity index (χ4n) is 6.22. The van der Waals surface area contributed by atoms with Gasteiger partial charge in [0.2, 0.25) is 11.8 Å². The Bertz CT molecular complexity index is 2000. The highest BCUT2D eigenvalue weighted by molar-refractivity contribution is 5.97. The van der Waals surface area contributed by atoms with Crippen LogP contribution in [-0.4, -0.2) is 177 Å². The number of nitrogens with one attached hydrogen (secondary N) is 1. The van der Waals surface area contributed by atoms with Crippen LogP contribution >= 0.6 is 0 Å². The van der Waals surface area contributed by atoms with Crippen LogP contribution in [0, 0.1) is 5.92 Å². The number of aromatic carboxylic acids is 1. The summed E-state index contributed by atoms with van der Waals surface area (Å²) in [6.45, 7) is 8.03. The zero-order chi connectivity index (χ0) is 44.3. The van der Waals surface area contributed by atoms with E-state index in [2.05, 4.69) is 52.3 Å². The summed E-state index contributed by atoms with van der Waals surface area (Å²) in [6, 6.07) is 12.4. The topological polar surface area (TPSA) is 228 Å². The van der Waals surface area contributed by atoms with E-state index in [4.69, 9.17) is 5.11 Å². The van der Waals surface area contributed by atoms with Gasteiger partial charge in [0.05, 0.1) is 55.9 Å². The van der Waals surface area contributed by atoms with Gasteiger partial charge in [-0.3, -0.25) is 24.0 Å². The monoisotopic (exact) mass is 845 g/mol. The average molecular weight is 846 g/mol. The SMILES string of the molecule is COC(=O)CC[C@H](C)C(=O)N1CCN(C)CC1.COC(=O)CC[C@H](NC(=O)c1ccc(-n2ccnn2)cc1)C(=O)N1CCN(C)CC1.O=C(O)c1ccc(-n2ccnn2)cc1. The zero-order valence-electron chi connectivity index (χ0n) is 35.3. The summed E-state index contributed by atoms with van der Waals surface area (Å²) in [5.74, 6) is -2.10. The van der Waals surface area contributed by atoms with Gasteiger partial charge in [0.25, 0.3) is 5.91 Å². The molecule has 0 saturated carbocycles. The summed E-state index contributed by atoms with van der Waals surface area (Å²) >= 11 is 0. The first-order chi connectivity index (χ1) is 29.3. The molecule has 6 rings (SSSR count). The third-order valence-electron chi connectivity index (χ3n) is 10.1. The van der Waals surface area contributed by atoms with Crippen molar-refractivity contribution in [1.29, 1.82) is 0 Å². The maximum Gasteiger partial charge on any atom is 0.335 e. The number of rotatable bonds is 13. The molecule has 3 amide bonds. The van der Waals surface area contributed by atoms with Gasteiger partial charge in [0, 0.05) is 76.7 Å². The van der Waals surface area contributed by atoms with Crippen LogP contribution in [0.4, 0.5) is 0 Å². The minimum atomic E-state index is -0.935. The Hall–Kier alpha value is -6.54. The molecule has 0 aliphatic carbocycles. The van der Waals surface area contributed by atoms with Crippen LogP contribution in [0.3, 0.4) is 0 Å². The number of benzene rings is 2. The molecule has 2 aromatic heterocycles. The van der Waals surface area contributed by atoms with Crippen molar-refractivity contribution in [2.75, 3.05) is 80.7 Å². The number of esters is 2. The van der Waals surface area contributed by atoms with Gasteiger partial charge >= 0.3 is 17.9 Å². The summed E-state index contributed by atoms with van der Waals surface area (Å²) in [5, 5.41) is 26.6. The van der Waals surface area contributed by atoms with Crippen molar-refractivity contribution < 1.29 is 43.3 Å². The van der Waals surface area contributed by atoms with Crippen molar-refractivity contribution in [3.63, 3.8) is 0 Å². The predicted molar refractivity (Wildman–Crippen MR) is 221 cm³/mol. The standard InChI is InChI=1S/C20H26N6O4.C12H22N2O3.C9H7N3O2/c1-24-11-13-25(14-12-24)20(29)17(7-8-18(27)30-2)22-19(28)15-3-5-16(6-4-15)26-10-9-21-23-26;1-10(4-5-11(15)17-3)12(16)14-8-6-13(2)7-9-14;13-9(14)7-1-3-8(4-2-7)12-6-5-10-11-12/h3-6,9-10,17H,7-8,11-14H2,1-2H3,(H,22,28);10H,4-9H2,1-3H3;1-6H,(H,13,14)/t17-;10-;/m00./s1. The number of carboxylic acid groups (broad SMARTS) is 1. The molecule has 20 heteroatoms. The van der Waals surface area contributed by atoms with Crippen LogP contribution in [0.5, 0.6) is 0 Å². The van der Waals surface area contributed by atoms with E-state index in [0.717, 1.165) is 50.6 Å². The van der Waals surface area contributed by atoms with E-state index in [1.807, 2.05) is 18.9 Å². The second kappa shape index (κ2) is 23.9. The first-order valence-electron chi connectivity index (χ1n) is 19.9. The lowest BCUT2D eigenvalue weighted by Crippen LogP contribution is -2.54. The van der Waals surface area contributed by atoms with Crippen molar-refractivity contribution in [2.45, 2.75) is 38.6 Å². The molecule has 2 aliphatic rings. The first-order valence-corrected chi connectivity index (χ1v) is 19.9. The third kappa shape index (κ3) is 14.9. The van der Waals surface area contributed by atoms with E-state index in [1.165, 1.54) is 26.4 Å². The molecule has 20 nitrogen and oxygen atoms in total. The van der Waals surface area contributed by atoms with E-state index >= 15 is 0 Å². The lowest BCUT2D eigenvalue weighted by atomic mass is 10.0. The lowest BCUT2D eigenvalue weighted by molar-refractivity contribution is -0.143. The number of ether oxygens (including phenoxy) is 2. The van der Waals surface area contributed by atoms with E-state index in [1.54, 1.807) is 75.4 Å². The van der Waals surface area contributed by atoms with Crippen LogP contribution in [0.15, 0.2) is 73.3 Å². The predicted octanol–water partition coefficient (Wildman–Crippen LogP) is 1.41. The highest BCUT2D eigenvalue weighted by Crippen LogP contribution is 2.14. The number of amides is 3. The highest BCUT2D eigenvalue weighted by atomic mass is 16.5. The Morgan fingerprint density at radius 3 is 1.48 bits per heavy atom. The molecular weight excluding hydrogens is 791 g/mol. The number of nitrogens with zero attached hydrogens (tertiary/aromatic N) is 10. The van der Waals surface area contributed by atoms with Crippen LogP contribution in [0.25, 0.3) is 11.4 Å². The van der Waals surface area contributed by atoms with Crippen LogP contribution in [0.1, 0.15) is 53.3 Å². The number of carbonyl (C=O) groups excluding carboxylic acids is 5. The molecule has 2 N–H and O–H groups in total. The molecule has 61 heavy (non-hydrogen) atoms. The number of aromatic nitrogens is 6. The Morgan fingerprint density at radius 1 is 0.639 bits per heavy atom. The van der Waals surface area contributed by atoms with E-state index in [0.29, 0.717) is 31.5 Å². The van der Waals surface area contributed by atoms with Gasteiger partial charge in [0.1, 0.15) is 6.04 Å². The Kier molecular flexibility index (Phi) is 18.5. The lowest BCUT2D eigenvalue weighted by Gasteiger charge is -2.34. The van der Waals surface area contributed by atoms with Gasteiger partial charge in [-0.25, -0.2) is 14.2 Å². The van der Waals surface area contributed by atoms with Gasteiger partial charge in [-0.2, -0.15) is 0 Å². The fraction of sp³-hybridized carbons (Fsp3) is 0.463. The maximum atomic E-state index is 13.0. The minimum absolute atomic E-state index is 0.0478. The largest absolute Gasteiger partial charge is 0.478 e. The van der Waals surface area contributed by atoms with Crippen molar-refractivity contribution in [3.05, 3.63) is 84.4 Å². The number of piperazine rings is 2. The zero-order valence-corrected chi connectivity index (χ0v) is 35.3. The first kappa shape index (κ1) is 47.1. The van der Waals surface area contributed by atoms with Crippen LogP contribution in [0.2, 0.25) is 0 Å². The molecule has 0 unspecified atom stereocenters. The molecule has 2 aliphatic heterocycles. The average Bonchev–Trinajstić information content (AvgIpc) is 4.04. The minimum Gasteiger partial charge on any atom is -0.478 e. The molecule has 2 aromatic carbocycles. The molecule has 4 aromatic rings. The molecule has 2 saturated heterocycles. The molecule has 0 bridgehead atoms. The van der Waals surface area contributed by atoms with E-state index in [9.17, 15) is 28.8 Å². The summed E-state index contributed by atoms with van der Waals surface area (Å²) in [4.78, 5) is 79.0. The van der Waals surface area contributed by atoms with Crippen molar-refractivity contribution in [3.8, 4) is 11.4 Å². The summed E-state index contributed by atoms with van der Waals surface area (Å²) in [6.07, 6.45) is 7.63. The number of hydrogen-bond acceptors (Lipinski definition) is 14. The second-order valence-corrected chi connectivity index (χ2v) is 14.5. The van der Waals surface area contributed by atoms with Gasteiger partial charge in [-0.05, 0) is 75.5 Å². The van der Waals surface area contributed by atoms with Crippen molar-refractivity contribution in [2.24, 2.45) is 5.92 Å². The number of likely N-dealkylation sites (N-methyl/N-ethyl adjacent to an activating group) is 2. The summed E-state index contributed by atoms with van der Waals surface area (Å²) in [7, 11) is 6.73. The molecule has 4 heterocycles. The molecule has 2 atom stereocenters. The van der Waals surface area contributed by atoms with Gasteiger partial charge < -0.3 is 39.5 Å². The third-order valence-corrected chi connectivity index (χ3v) is 10.1. The Balaban J connectivity index is 0.000000222. The van der Waals surface area contributed by atoms with Gasteiger partial charge in [-0.15, -0.1) is 10.2 Å². The number of methoxy groups -OCH3 is 2. The number of carboxylic acids is 1. The molecule has 0 radical (unpaired) electrons. The van der Waals surface area contributed by atoms with Crippen LogP contribution < -0.4 is 5.32 Å². The number of hydrogen-bond donors (Lipinski definition) is 2. The molecule has 2 fully saturated rings. The highest BCUT2D eigenvalue weighted by Gasteiger charge is 2.29. The van der Waals surface area contributed by atoms with Crippen molar-refractivity contribution in [1.82, 2.24) is 54.9 Å². The smallest absolute Gasteiger partial charge is 0.335 e. The normalized spacial score (nSPS) is 15.2. The van der Waals surface area contributed by atoms with Gasteiger partial charge in [0.15, 0.2) is 0 Å². The second-order valence-electron chi connectivity index (χ2n) is 14.5. The van der Waals surface area contributed by atoms with E-state index in [-0.39, 0.29) is 48.0 Å². The maximum absolute atomic E-state index is 13.0. The fourth-order valence-corrected chi connectivity index (χ4v) is 6.22. The van der Waals surface area contributed by atoms with E-state index < -0.39 is 18.0 Å². The molecular formula is C41H55N11O9. The van der Waals surface area contributed by atoms with Crippen LogP contribution in [-0.2, 0) is 28.7 Å². The Morgan fingerprint density at radius 2 is 1.07 bits per heavy atom. The summed E-state index contributed by atoms with van der Waals surface area (Å²) < 4.78 is 12.4. The molecule has 0 spiro atoms. The quantitative estimate of drug-likeness (QED) is 0.181.